The van der Waals surface area contributed by atoms with Crippen LogP contribution in [0, 0.1) is 0 Å². The summed E-state index contributed by atoms with van der Waals surface area (Å²) < 4.78 is 5.13. The van der Waals surface area contributed by atoms with E-state index in [0.717, 1.165) is 6.08 Å². The number of nitrogens with one attached hydrogen (secondary N) is 2. The van der Waals surface area contributed by atoms with Gasteiger partial charge < -0.3 is 35.8 Å². The zero-order valence-electron chi connectivity index (χ0n) is 19.1. The van der Waals surface area contributed by atoms with Crippen molar-refractivity contribution in [3.05, 3.63) is 34.0 Å². The van der Waals surface area contributed by atoms with Gasteiger partial charge in [-0.3, -0.25) is 9.59 Å². The largest absolute Gasteiger partial charge is 0.507 e. The lowest BCUT2D eigenvalue weighted by atomic mass is 9.75. The van der Waals surface area contributed by atoms with Crippen molar-refractivity contribution in [2.75, 3.05) is 13.1 Å². The number of phenolic OH excluding ortho intramolecular Hbond substituents is 2. The van der Waals surface area contributed by atoms with Crippen LogP contribution in [0.4, 0.5) is 4.79 Å². The fraction of sp³-hybridized carbons (Fsp3) is 0.522. The molecule has 33 heavy (non-hydrogen) atoms. The summed E-state index contributed by atoms with van der Waals surface area (Å²) in [5.74, 6) is -2.48. The van der Waals surface area contributed by atoms with E-state index in [-0.39, 0.29) is 53.9 Å². The third-order valence-electron chi connectivity index (χ3n) is 5.44. The molecule has 180 valence electrons. The van der Waals surface area contributed by atoms with Crippen molar-refractivity contribution < 1.29 is 39.5 Å². The Bertz CT molecular complexity index is 1040. The maximum atomic E-state index is 13.0. The van der Waals surface area contributed by atoms with Gasteiger partial charge in [-0.15, -0.1) is 0 Å². The molecule has 0 heterocycles. The van der Waals surface area contributed by atoms with E-state index in [4.69, 9.17) is 4.74 Å². The van der Waals surface area contributed by atoms with Gasteiger partial charge in [0.15, 0.2) is 5.78 Å². The molecule has 3 rings (SSSR count). The molecule has 0 spiro atoms. The first-order valence-corrected chi connectivity index (χ1v) is 10.7. The Hall–Kier alpha value is -3.11. The SMILES string of the molecule is CC(C)(C)OC(=O)NCCCNC1=CC(=O)c2c(O)c3c(c(O)c2C1=O)C[C@](C)(O)C[C@@H]3O. The number of carbonyl (C=O) groups is 3. The second-order valence-corrected chi connectivity index (χ2v) is 9.69. The van der Waals surface area contributed by atoms with E-state index in [1.807, 2.05) is 0 Å². The lowest BCUT2D eigenvalue weighted by molar-refractivity contribution is -0.00905. The third-order valence-corrected chi connectivity index (χ3v) is 5.44. The molecule has 2 aliphatic carbocycles. The molecule has 2 aliphatic rings. The molecule has 0 aliphatic heterocycles. The summed E-state index contributed by atoms with van der Waals surface area (Å²) in [5.41, 5.74) is -2.78. The van der Waals surface area contributed by atoms with Gasteiger partial charge in [-0.25, -0.2) is 4.79 Å². The molecule has 6 N–H and O–H groups in total. The number of ketones is 2. The van der Waals surface area contributed by atoms with Crippen molar-refractivity contribution in [1.29, 1.82) is 0 Å². The number of ether oxygens (including phenoxy) is 1. The summed E-state index contributed by atoms with van der Waals surface area (Å²) in [6.45, 7) is 7.21. The Labute approximate surface area is 191 Å². The highest BCUT2D eigenvalue weighted by atomic mass is 16.6. The molecule has 0 bridgehead atoms. The normalized spacial score (nSPS) is 22.2. The molecule has 0 unspecified atom stereocenters. The third kappa shape index (κ3) is 5.12. The van der Waals surface area contributed by atoms with E-state index in [0.29, 0.717) is 6.42 Å². The van der Waals surface area contributed by atoms with Gasteiger partial charge in [0.1, 0.15) is 17.1 Å². The molecule has 0 saturated heterocycles. The van der Waals surface area contributed by atoms with Gasteiger partial charge >= 0.3 is 6.09 Å². The Morgan fingerprint density at radius 2 is 1.85 bits per heavy atom. The van der Waals surface area contributed by atoms with Gasteiger partial charge in [-0.05, 0) is 34.1 Å². The molecule has 0 radical (unpaired) electrons. The molecular weight excluding hydrogens is 432 g/mol. The first-order valence-electron chi connectivity index (χ1n) is 10.7. The Morgan fingerprint density at radius 1 is 1.18 bits per heavy atom. The van der Waals surface area contributed by atoms with Gasteiger partial charge in [-0.2, -0.15) is 0 Å². The highest BCUT2D eigenvalue weighted by molar-refractivity contribution is 6.26. The number of allylic oxidation sites excluding steroid dienone is 2. The lowest BCUT2D eigenvalue weighted by Crippen LogP contribution is -2.36. The summed E-state index contributed by atoms with van der Waals surface area (Å²) in [6, 6.07) is 0. The predicted molar refractivity (Wildman–Crippen MR) is 117 cm³/mol. The average molecular weight is 462 g/mol. The second kappa shape index (κ2) is 8.68. The average Bonchev–Trinajstić information content (AvgIpc) is 2.65. The van der Waals surface area contributed by atoms with Crippen LogP contribution in [0.25, 0.3) is 0 Å². The van der Waals surface area contributed by atoms with E-state index in [1.54, 1.807) is 20.8 Å². The number of benzene rings is 1. The molecule has 1 aromatic rings. The molecule has 0 aromatic heterocycles. The first-order chi connectivity index (χ1) is 15.2. The number of alkyl carbamates (subject to hydrolysis) is 1. The van der Waals surface area contributed by atoms with Crippen LogP contribution in [0.1, 0.15) is 78.5 Å². The zero-order valence-corrected chi connectivity index (χ0v) is 19.1. The second-order valence-electron chi connectivity index (χ2n) is 9.69. The number of Topliss-reactive ketones (excluding diaryl/α,β-unsaturated/α-hetero) is 1. The van der Waals surface area contributed by atoms with E-state index in [2.05, 4.69) is 10.6 Å². The summed E-state index contributed by atoms with van der Waals surface area (Å²) in [7, 11) is 0. The zero-order chi connectivity index (χ0) is 24.7. The summed E-state index contributed by atoms with van der Waals surface area (Å²) in [5, 5.41) is 47.6. The maximum absolute atomic E-state index is 13.0. The topological polar surface area (TPSA) is 165 Å². The number of carbonyl (C=O) groups excluding carboxylic acids is 3. The van der Waals surface area contributed by atoms with Crippen molar-refractivity contribution >= 4 is 17.7 Å². The minimum absolute atomic E-state index is 0.0407. The van der Waals surface area contributed by atoms with Crippen LogP contribution in [0.15, 0.2) is 11.8 Å². The number of hydrogen-bond donors (Lipinski definition) is 6. The lowest BCUT2D eigenvalue weighted by Gasteiger charge is -2.35. The van der Waals surface area contributed by atoms with Gasteiger partial charge in [0.25, 0.3) is 0 Å². The molecule has 10 heteroatoms. The first kappa shape index (κ1) is 24.5. The van der Waals surface area contributed by atoms with Crippen molar-refractivity contribution in [2.45, 2.75) is 64.3 Å². The monoisotopic (exact) mass is 462 g/mol. The van der Waals surface area contributed by atoms with Crippen LogP contribution < -0.4 is 10.6 Å². The van der Waals surface area contributed by atoms with E-state index < -0.39 is 46.5 Å². The van der Waals surface area contributed by atoms with Crippen molar-refractivity contribution in [1.82, 2.24) is 10.6 Å². The fourth-order valence-electron chi connectivity index (χ4n) is 4.11. The van der Waals surface area contributed by atoms with Crippen molar-refractivity contribution in [3.8, 4) is 11.5 Å². The summed E-state index contributed by atoms with van der Waals surface area (Å²) in [4.78, 5) is 37.4. The minimum Gasteiger partial charge on any atom is -0.507 e. The number of hydrogen-bond acceptors (Lipinski definition) is 9. The summed E-state index contributed by atoms with van der Waals surface area (Å²) >= 11 is 0. The molecule has 1 amide bonds. The number of rotatable bonds is 5. The maximum Gasteiger partial charge on any atom is 0.407 e. The van der Waals surface area contributed by atoms with Crippen LogP contribution in [0.2, 0.25) is 0 Å². The number of amides is 1. The van der Waals surface area contributed by atoms with Crippen LogP contribution in [0.3, 0.4) is 0 Å². The molecule has 1 aromatic carbocycles. The molecule has 0 saturated carbocycles. The molecule has 0 fully saturated rings. The van der Waals surface area contributed by atoms with Crippen molar-refractivity contribution in [3.63, 3.8) is 0 Å². The van der Waals surface area contributed by atoms with Gasteiger partial charge in [0.2, 0.25) is 5.78 Å². The van der Waals surface area contributed by atoms with Gasteiger partial charge in [0, 0.05) is 43.1 Å². The standard InChI is InChI=1S/C23H30N2O8/c1-22(2,3)33-21(31)25-7-5-6-24-12-8-13(26)16-17(19(12)29)18(28)11-9-23(4,32)10-14(27)15(11)20(16)30/h8,14,24,27-28,30,32H,5-7,9-10H2,1-4H3,(H,25,31)/t14-,23-/m0/s1. The summed E-state index contributed by atoms with van der Waals surface area (Å²) in [6.07, 6.45) is -0.610. The van der Waals surface area contributed by atoms with E-state index >= 15 is 0 Å². The highest BCUT2D eigenvalue weighted by Gasteiger charge is 2.42. The van der Waals surface area contributed by atoms with Crippen LogP contribution in [-0.4, -0.2) is 62.4 Å². The number of aliphatic hydroxyl groups is 2. The van der Waals surface area contributed by atoms with Crippen LogP contribution in [0.5, 0.6) is 11.5 Å². The molecule has 2 atom stereocenters. The quantitative estimate of drug-likeness (QED) is 0.281. The highest BCUT2D eigenvalue weighted by Crippen LogP contribution is 2.49. The Morgan fingerprint density at radius 3 is 2.48 bits per heavy atom. The predicted octanol–water partition coefficient (Wildman–Crippen LogP) is 1.60. The van der Waals surface area contributed by atoms with Crippen molar-refractivity contribution in [2.24, 2.45) is 0 Å². The van der Waals surface area contributed by atoms with E-state index in [1.165, 1.54) is 6.92 Å². The van der Waals surface area contributed by atoms with Crippen LogP contribution in [-0.2, 0) is 11.2 Å². The van der Waals surface area contributed by atoms with Gasteiger partial charge in [0.05, 0.1) is 28.5 Å². The minimum atomic E-state index is -1.36. The number of aromatic hydroxyl groups is 2. The molecular formula is C23H30N2O8. The van der Waals surface area contributed by atoms with Crippen LogP contribution >= 0.6 is 0 Å². The van der Waals surface area contributed by atoms with Gasteiger partial charge in [-0.1, -0.05) is 0 Å². The Kier molecular flexibility index (Phi) is 6.45. The van der Waals surface area contributed by atoms with E-state index in [9.17, 15) is 34.8 Å². The fourth-order valence-corrected chi connectivity index (χ4v) is 4.11. The smallest absolute Gasteiger partial charge is 0.407 e. The molecule has 10 nitrogen and oxygen atoms in total. The number of phenols is 2. The number of aliphatic hydroxyl groups excluding tert-OH is 1. The Balaban J connectivity index is 1.74. The number of fused-ring (bicyclic) bond motifs is 2.